The van der Waals surface area contributed by atoms with E-state index in [1.54, 1.807) is 18.7 Å². The van der Waals surface area contributed by atoms with Crippen LogP contribution in [-0.2, 0) is 6.18 Å². The second kappa shape index (κ2) is 12.9. The van der Waals surface area contributed by atoms with Crippen molar-refractivity contribution in [3.63, 3.8) is 0 Å². The largest absolute Gasteiger partial charge is 0.475 e. The van der Waals surface area contributed by atoms with E-state index in [0.717, 1.165) is 25.7 Å². The summed E-state index contributed by atoms with van der Waals surface area (Å²) in [6, 6.07) is 1.11. The van der Waals surface area contributed by atoms with E-state index in [9.17, 15) is 17.6 Å². The summed E-state index contributed by atoms with van der Waals surface area (Å²) in [7, 11) is 3.29. The van der Waals surface area contributed by atoms with Crippen LogP contribution in [0.25, 0.3) is 33.1 Å². The number of nitrogen functional groups attached to an aromatic ring is 1. The Bertz CT molecular complexity index is 2030. The number of alkyl halides is 3. The first-order valence-electron chi connectivity index (χ1n) is 15.4. The SMILES string of the molecule is CN1CCC(O)C1.COc1nc2c3c(nc(-c4c(C(F)(F)F)c(C)cc5[nH]ncc45)c(F)c3n1)OC[C@H](C)N2C(C)c1cc(F)cnc1N. The topological polar surface area (TPSA) is 151 Å². The molecule has 0 spiro atoms. The number of fused-ring (bicyclic) bond motifs is 1. The molecule has 4 N–H and O–H groups in total. The number of pyridine rings is 2. The van der Waals surface area contributed by atoms with Crippen molar-refractivity contribution < 1.29 is 36.5 Å². The van der Waals surface area contributed by atoms with Crippen molar-refractivity contribution in [2.24, 2.45) is 0 Å². The lowest BCUT2D eigenvalue weighted by molar-refractivity contribution is -0.137. The lowest BCUT2D eigenvalue weighted by atomic mass is 9.94. The number of H-pyrrole nitrogens is 1. The van der Waals surface area contributed by atoms with Gasteiger partial charge < -0.3 is 30.1 Å². The molecule has 3 atom stereocenters. The number of rotatable bonds is 4. The number of ether oxygens (including phenoxy) is 2. The Morgan fingerprint density at radius 2 is 1.92 bits per heavy atom. The smallest absolute Gasteiger partial charge is 0.417 e. The number of hydrogen-bond acceptors (Lipinski definition) is 11. The third-order valence-corrected chi connectivity index (χ3v) is 8.69. The summed E-state index contributed by atoms with van der Waals surface area (Å²) in [5.41, 5.74) is 3.93. The molecule has 0 radical (unpaired) electrons. The van der Waals surface area contributed by atoms with Crippen LogP contribution in [0.1, 0.15) is 43.0 Å². The number of aromatic amines is 1. The number of aromatic nitrogens is 6. The monoisotopic (exact) mass is 687 g/mol. The van der Waals surface area contributed by atoms with E-state index in [1.807, 2.05) is 7.05 Å². The average Bonchev–Trinajstić information content (AvgIpc) is 3.64. The molecule has 1 aromatic carbocycles. The fourth-order valence-corrected chi connectivity index (χ4v) is 6.40. The lowest BCUT2D eigenvalue weighted by Gasteiger charge is -2.34. The number of anilines is 2. The number of hydrogen-bond donors (Lipinski definition) is 3. The van der Waals surface area contributed by atoms with E-state index in [4.69, 9.17) is 20.3 Å². The number of nitrogens with two attached hydrogens (primary N) is 1. The van der Waals surface area contributed by atoms with Gasteiger partial charge in [0, 0.05) is 29.6 Å². The lowest BCUT2D eigenvalue weighted by Crippen LogP contribution is -2.39. The molecule has 2 aliphatic rings. The van der Waals surface area contributed by atoms with Crippen LogP contribution in [0.5, 0.6) is 11.9 Å². The Labute approximate surface area is 277 Å². The quantitative estimate of drug-likeness (QED) is 0.214. The first-order chi connectivity index (χ1) is 23.2. The summed E-state index contributed by atoms with van der Waals surface area (Å²) in [5, 5.41) is 15.4. The van der Waals surface area contributed by atoms with Gasteiger partial charge in [0.1, 0.15) is 40.7 Å². The molecule has 17 heteroatoms. The maximum absolute atomic E-state index is 16.6. The van der Waals surface area contributed by atoms with Gasteiger partial charge in [0.05, 0.1) is 48.8 Å². The zero-order valence-corrected chi connectivity index (χ0v) is 27.2. The van der Waals surface area contributed by atoms with Crippen LogP contribution < -0.4 is 20.1 Å². The number of nitrogens with one attached hydrogen (secondary N) is 1. The predicted octanol–water partition coefficient (Wildman–Crippen LogP) is 5.19. The van der Waals surface area contributed by atoms with Gasteiger partial charge in [-0.3, -0.25) is 5.10 Å². The van der Waals surface area contributed by atoms with E-state index in [1.165, 1.54) is 32.4 Å². The Morgan fingerprint density at radius 3 is 2.55 bits per heavy atom. The van der Waals surface area contributed by atoms with Crippen LogP contribution >= 0.6 is 0 Å². The van der Waals surface area contributed by atoms with Crippen LogP contribution in [0.15, 0.2) is 24.5 Å². The van der Waals surface area contributed by atoms with Crippen LogP contribution in [0.4, 0.5) is 33.6 Å². The van der Waals surface area contributed by atoms with E-state index in [0.29, 0.717) is 5.56 Å². The number of likely N-dealkylation sites (N-methyl/N-ethyl adjacent to an activating group) is 1. The Hall–Kier alpha value is -4.90. The van der Waals surface area contributed by atoms with Crippen molar-refractivity contribution in [3.8, 4) is 23.1 Å². The molecular formula is C32H34F5N9O3. The summed E-state index contributed by atoms with van der Waals surface area (Å²) in [6.45, 7) is 6.65. The van der Waals surface area contributed by atoms with Crippen molar-refractivity contribution in [2.75, 3.05) is 44.5 Å². The molecule has 12 nitrogen and oxygen atoms in total. The number of halogens is 5. The van der Waals surface area contributed by atoms with Crippen LogP contribution in [0, 0.1) is 18.6 Å². The van der Waals surface area contributed by atoms with Gasteiger partial charge in [-0.25, -0.2) is 18.7 Å². The first kappa shape index (κ1) is 34.0. The molecule has 4 aromatic heterocycles. The van der Waals surface area contributed by atoms with Gasteiger partial charge in [-0.05, 0) is 51.9 Å². The van der Waals surface area contributed by atoms with Gasteiger partial charge in [0.2, 0.25) is 5.88 Å². The van der Waals surface area contributed by atoms with Crippen molar-refractivity contribution in [1.29, 1.82) is 0 Å². The molecule has 5 aromatic rings. The summed E-state index contributed by atoms with van der Waals surface area (Å²) in [6.07, 6.45) is -1.78. The highest BCUT2D eigenvalue weighted by atomic mass is 19.4. The fourth-order valence-electron chi connectivity index (χ4n) is 6.40. The third kappa shape index (κ3) is 6.23. The molecule has 49 heavy (non-hydrogen) atoms. The summed E-state index contributed by atoms with van der Waals surface area (Å²) in [5.74, 6) is -1.76. The normalized spacial score (nSPS) is 18.6. The molecule has 0 aliphatic carbocycles. The molecule has 2 aliphatic heterocycles. The van der Waals surface area contributed by atoms with E-state index in [2.05, 4.69) is 35.0 Å². The first-order valence-corrected chi connectivity index (χ1v) is 15.4. The number of aliphatic hydroxyl groups is 1. The summed E-state index contributed by atoms with van der Waals surface area (Å²) < 4.78 is 85.3. The number of benzene rings is 1. The molecule has 7 rings (SSSR count). The van der Waals surface area contributed by atoms with Gasteiger partial charge >= 0.3 is 12.2 Å². The summed E-state index contributed by atoms with van der Waals surface area (Å²) >= 11 is 0. The Kier molecular flexibility index (Phi) is 8.91. The maximum Gasteiger partial charge on any atom is 0.417 e. The second-order valence-electron chi connectivity index (χ2n) is 12.2. The predicted molar refractivity (Wildman–Crippen MR) is 171 cm³/mol. The van der Waals surface area contributed by atoms with Gasteiger partial charge in [-0.1, -0.05) is 0 Å². The standard InChI is InChI=1S/C27H23F5N8O2.C5H11NO/c1-10-5-16-15(8-35-39-16)17(19(10)27(30,31)32)21-20(29)22-18-24(38-26(37-22)41-4)40(11(2)9-42-25(18)36-21)12(3)14-6-13(28)7-34-23(14)33;1-6-3-2-5(7)4-6/h5-8,11-12H,9H2,1-4H3,(H2,33,34)(H,35,39);5,7H,2-4H2,1H3/t11-,12?;/m0./s1. The molecule has 2 unspecified atom stereocenters. The summed E-state index contributed by atoms with van der Waals surface area (Å²) in [4.78, 5) is 20.7. The van der Waals surface area contributed by atoms with Crippen molar-refractivity contribution in [1.82, 2.24) is 35.0 Å². The van der Waals surface area contributed by atoms with Gasteiger partial charge in [-0.2, -0.15) is 28.2 Å². The van der Waals surface area contributed by atoms with Crippen LogP contribution in [0.2, 0.25) is 0 Å². The minimum Gasteiger partial charge on any atom is -0.475 e. The molecule has 1 saturated heterocycles. The number of aryl methyl sites for hydroxylation is 1. The van der Waals surface area contributed by atoms with Gasteiger partial charge in [-0.15, -0.1) is 0 Å². The maximum atomic E-state index is 16.6. The van der Waals surface area contributed by atoms with Crippen molar-refractivity contribution in [2.45, 2.75) is 51.6 Å². The third-order valence-electron chi connectivity index (χ3n) is 8.69. The Balaban J connectivity index is 0.000000531. The highest BCUT2D eigenvalue weighted by Gasteiger charge is 2.40. The average molecular weight is 688 g/mol. The van der Waals surface area contributed by atoms with Crippen molar-refractivity contribution >= 4 is 33.4 Å². The van der Waals surface area contributed by atoms with Crippen LogP contribution in [-0.4, -0.2) is 86.1 Å². The van der Waals surface area contributed by atoms with Crippen molar-refractivity contribution in [3.05, 3.63) is 52.9 Å². The minimum atomic E-state index is -4.85. The van der Waals surface area contributed by atoms with Gasteiger partial charge in [0.25, 0.3) is 0 Å². The number of nitrogens with zero attached hydrogens (tertiary/aromatic N) is 7. The molecule has 6 heterocycles. The zero-order chi connectivity index (χ0) is 35.4. The molecular weight excluding hydrogens is 653 g/mol. The van der Waals surface area contributed by atoms with Crippen LogP contribution in [0.3, 0.4) is 0 Å². The van der Waals surface area contributed by atoms with E-state index >= 15 is 4.39 Å². The highest BCUT2D eigenvalue weighted by molar-refractivity contribution is 6.02. The molecule has 0 amide bonds. The molecule has 0 saturated carbocycles. The highest BCUT2D eigenvalue weighted by Crippen LogP contribution is 2.47. The molecule has 260 valence electrons. The molecule has 1 fully saturated rings. The minimum absolute atomic E-state index is 0.000771. The van der Waals surface area contributed by atoms with Gasteiger partial charge in [0.15, 0.2) is 5.82 Å². The fraction of sp³-hybridized carbons (Fsp3) is 0.406. The Morgan fingerprint density at radius 1 is 1.16 bits per heavy atom. The molecule has 0 bridgehead atoms. The number of aliphatic hydroxyl groups excluding tert-OH is 1. The van der Waals surface area contributed by atoms with E-state index in [-0.39, 0.29) is 63.6 Å². The zero-order valence-electron chi connectivity index (χ0n) is 27.2. The number of methoxy groups -OCH3 is 1. The number of likely N-dealkylation sites (tertiary alicyclic amines) is 1. The number of β-amino-alcohol motifs (C(OH)–C–C–N with tert-alkyl or cyclic N) is 1. The van der Waals surface area contributed by atoms with E-state index < -0.39 is 46.7 Å². The second-order valence-corrected chi connectivity index (χ2v) is 12.2.